The highest BCUT2D eigenvalue weighted by Gasteiger charge is 2.35. The summed E-state index contributed by atoms with van der Waals surface area (Å²) in [6.45, 7) is 3.50. The standard InChI is InChI=1S/C18H26N2S/c1-20(2)12-6-10-18(9-5-11-19-14-18)16-13-21-17-8-4-3-7-15(16)17/h3-4,7-8,13,19H,5-6,9-12,14H2,1-2H3. The van der Waals surface area contributed by atoms with Crippen LogP contribution in [0, 0.1) is 0 Å². The van der Waals surface area contributed by atoms with Gasteiger partial charge in [0.2, 0.25) is 0 Å². The van der Waals surface area contributed by atoms with E-state index in [1.165, 1.54) is 48.9 Å². The summed E-state index contributed by atoms with van der Waals surface area (Å²) >= 11 is 1.91. The molecule has 1 fully saturated rings. The molecule has 21 heavy (non-hydrogen) atoms. The maximum Gasteiger partial charge on any atom is 0.0345 e. The number of rotatable bonds is 5. The molecule has 114 valence electrons. The predicted octanol–water partition coefficient (Wildman–Crippen LogP) is 3.86. The summed E-state index contributed by atoms with van der Waals surface area (Å²) < 4.78 is 1.44. The van der Waals surface area contributed by atoms with Crippen LogP contribution in [0.3, 0.4) is 0 Å². The Hall–Kier alpha value is -0.900. The van der Waals surface area contributed by atoms with Gasteiger partial charge in [-0.15, -0.1) is 11.3 Å². The molecule has 3 heteroatoms. The fourth-order valence-electron chi connectivity index (χ4n) is 3.67. The van der Waals surface area contributed by atoms with Crippen molar-refractivity contribution in [2.24, 2.45) is 0 Å². The summed E-state index contributed by atoms with van der Waals surface area (Å²) in [6.07, 6.45) is 5.19. The van der Waals surface area contributed by atoms with E-state index in [-0.39, 0.29) is 0 Å². The predicted molar refractivity (Wildman–Crippen MR) is 93.4 cm³/mol. The zero-order valence-electron chi connectivity index (χ0n) is 13.2. The Kier molecular flexibility index (Phi) is 4.63. The average molecular weight is 302 g/mol. The molecule has 0 bridgehead atoms. The number of thiophene rings is 1. The third-order valence-electron chi connectivity index (χ3n) is 4.79. The lowest BCUT2D eigenvalue weighted by molar-refractivity contribution is 0.273. The highest BCUT2D eigenvalue weighted by atomic mass is 32.1. The van der Waals surface area contributed by atoms with Crippen LogP contribution in [-0.2, 0) is 5.41 Å². The van der Waals surface area contributed by atoms with E-state index in [2.05, 4.69) is 54.0 Å². The van der Waals surface area contributed by atoms with E-state index in [9.17, 15) is 0 Å². The largest absolute Gasteiger partial charge is 0.316 e. The quantitative estimate of drug-likeness (QED) is 0.902. The van der Waals surface area contributed by atoms with E-state index < -0.39 is 0 Å². The van der Waals surface area contributed by atoms with Gasteiger partial charge in [0, 0.05) is 16.7 Å². The van der Waals surface area contributed by atoms with Gasteiger partial charge in [0.15, 0.2) is 0 Å². The van der Waals surface area contributed by atoms with Crippen molar-refractivity contribution in [2.75, 3.05) is 33.7 Å². The molecule has 2 aromatic rings. The molecule has 0 spiro atoms. The molecule has 0 radical (unpaired) electrons. The summed E-state index contributed by atoms with van der Waals surface area (Å²) in [5.74, 6) is 0. The number of nitrogens with zero attached hydrogens (tertiary/aromatic N) is 1. The van der Waals surface area contributed by atoms with Crippen LogP contribution < -0.4 is 5.32 Å². The normalized spacial score (nSPS) is 23.0. The number of hydrogen-bond donors (Lipinski definition) is 1. The van der Waals surface area contributed by atoms with Gasteiger partial charge in [-0.2, -0.15) is 0 Å². The summed E-state index contributed by atoms with van der Waals surface area (Å²) in [5, 5.41) is 7.56. The van der Waals surface area contributed by atoms with E-state index >= 15 is 0 Å². The van der Waals surface area contributed by atoms with Crippen molar-refractivity contribution in [1.29, 1.82) is 0 Å². The van der Waals surface area contributed by atoms with Gasteiger partial charge in [0.05, 0.1) is 0 Å². The van der Waals surface area contributed by atoms with Gasteiger partial charge in [-0.3, -0.25) is 0 Å². The zero-order chi connectivity index (χ0) is 14.7. The Bertz CT molecular complexity index is 582. The molecule has 3 rings (SSSR count). The summed E-state index contributed by atoms with van der Waals surface area (Å²) in [5.41, 5.74) is 1.93. The molecule has 1 aliphatic heterocycles. The Labute approximate surface area is 132 Å². The molecule has 1 unspecified atom stereocenters. The number of fused-ring (bicyclic) bond motifs is 1. The van der Waals surface area contributed by atoms with Crippen LogP contribution >= 0.6 is 11.3 Å². The third kappa shape index (κ3) is 3.15. The first-order valence-corrected chi connectivity index (χ1v) is 8.91. The third-order valence-corrected chi connectivity index (χ3v) is 5.75. The van der Waals surface area contributed by atoms with Gasteiger partial charge in [-0.1, -0.05) is 18.2 Å². The fraction of sp³-hybridized carbons (Fsp3) is 0.556. The van der Waals surface area contributed by atoms with Crippen molar-refractivity contribution in [3.8, 4) is 0 Å². The fourth-order valence-corrected chi connectivity index (χ4v) is 4.75. The Morgan fingerprint density at radius 2 is 2.14 bits per heavy atom. The van der Waals surface area contributed by atoms with Crippen molar-refractivity contribution in [3.05, 3.63) is 35.2 Å². The molecule has 0 aliphatic carbocycles. The molecule has 0 saturated carbocycles. The van der Waals surface area contributed by atoms with Crippen molar-refractivity contribution < 1.29 is 0 Å². The lowest BCUT2D eigenvalue weighted by Gasteiger charge is -2.38. The average Bonchev–Trinajstić information content (AvgIpc) is 2.92. The molecule has 2 nitrogen and oxygen atoms in total. The molecule has 1 aromatic carbocycles. The van der Waals surface area contributed by atoms with Crippen LogP contribution in [0.4, 0.5) is 0 Å². The second kappa shape index (κ2) is 6.47. The molecule has 1 N–H and O–H groups in total. The van der Waals surface area contributed by atoms with Crippen molar-refractivity contribution in [3.63, 3.8) is 0 Å². The monoisotopic (exact) mass is 302 g/mol. The van der Waals surface area contributed by atoms with Gasteiger partial charge in [-0.05, 0) is 75.3 Å². The van der Waals surface area contributed by atoms with Gasteiger partial charge in [0.25, 0.3) is 0 Å². The summed E-state index contributed by atoms with van der Waals surface area (Å²) in [7, 11) is 4.34. The number of nitrogens with one attached hydrogen (secondary N) is 1. The lowest BCUT2D eigenvalue weighted by Crippen LogP contribution is -2.43. The maximum atomic E-state index is 3.66. The first-order chi connectivity index (χ1) is 10.2. The molecule has 1 aliphatic rings. The Morgan fingerprint density at radius 3 is 2.90 bits per heavy atom. The van der Waals surface area contributed by atoms with Crippen LogP contribution in [0.1, 0.15) is 31.2 Å². The SMILES string of the molecule is CN(C)CCCC1(c2csc3ccccc23)CCCNC1. The number of piperidine rings is 1. The summed E-state index contributed by atoms with van der Waals surface area (Å²) in [4.78, 5) is 2.30. The first-order valence-electron chi connectivity index (χ1n) is 8.03. The maximum absolute atomic E-state index is 3.66. The minimum absolute atomic E-state index is 0.341. The van der Waals surface area contributed by atoms with Crippen molar-refractivity contribution in [1.82, 2.24) is 10.2 Å². The van der Waals surface area contributed by atoms with Crippen LogP contribution in [0.5, 0.6) is 0 Å². The molecular formula is C18H26N2S. The number of benzene rings is 1. The van der Waals surface area contributed by atoms with Gasteiger partial charge >= 0.3 is 0 Å². The zero-order valence-corrected chi connectivity index (χ0v) is 14.0. The van der Waals surface area contributed by atoms with E-state index in [0.29, 0.717) is 5.41 Å². The minimum Gasteiger partial charge on any atom is -0.316 e. The lowest BCUT2D eigenvalue weighted by atomic mass is 9.71. The smallest absolute Gasteiger partial charge is 0.0345 e. The van der Waals surface area contributed by atoms with Crippen molar-refractivity contribution in [2.45, 2.75) is 31.1 Å². The Morgan fingerprint density at radius 1 is 1.29 bits per heavy atom. The highest BCUT2D eigenvalue weighted by molar-refractivity contribution is 7.17. The molecule has 1 saturated heterocycles. The topological polar surface area (TPSA) is 15.3 Å². The van der Waals surface area contributed by atoms with Crippen LogP contribution in [0.25, 0.3) is 10.1 Å². The van der Waals surface area contributed by atoms with Crippen LogP contribution in [-0.4, -0.2) is 38.6 Å². The Balaban J connectivity index is 1.91. The molecule has 1 aromatic heterocycles. The van der Waals surface area contributed by atoms with Crippen LogP contribution in [0.2, 0.25) is 0 Å². The molecule has 2 heterocycles. The van der Waals surface area contributed by atoms with Gasteiger partial charge < -0.3 is 10.2 Å². The van der Waals surface area contributed by atoms with Gasteiger partial charge in [-0.25, -0.2) is 0 Å². The molecular weight excluding hydrogens is 276 g/mol. The van der Waals surface area contributed by atoms with Crippen molar-refractivity contribution >= 4 is 21.4 Å². The van der Waals surface area contributed by atoms with E-state index in [4.69, 9.17) is 0 Å². The summed E-state index contributed by atoms with van der Waals surface area (Å²) in [6, 6.07) is 8.90. The van der Waals surface area contributed by atoms with E-state index in [1.807, 2.05) is 11.3 Å². The minimum atomic E-state index is 0.341. The molecule has 0 amide bonds. The first kappa shape index (κ1) is 15.0. The van der Waals surface area contributed by atoms with E-state index in [1.54, 1.807) is 5.56 Å². The molecule has 1 atom stereocenters. The van der Waals surface area contributed by atoms with Gasteiger partial charge in [0.1, 0.15) is 0 Å². The van der Waals surface area contributed by atoms with E-state index in [0.717, 1.165) is 6.54 Å². The second-order valence-corrected chi connectivity index (χ2v) is 7.52. The highest BCUT2D eigenvalue weighted by Crippen LogP contribution is 2.41. The second-order valence-electron chi connectivity index (χ2n) is 6.61. The van der Waals surface area contributed by atoms with Crippen LogP contribution in [0.15, 0.2) is 29.6 Å². The number of hydrogen-bond acceptors (Lipinski definition) is 3.